The largest absolute Gasteiger partial charge is 0.102 e. The van der Waals surface area contributed by atoms with E-state index >= 15 is 0 Å². The Morgan fingerprint density at radius 1 is 1.50 bits per heavy atom. The monoisotopic (exact) mass is 208 g/mol. The van der Waals surface area contributed by atoms with Crippen molar-refractivity contribution in [3.05, 3.63) is 47.0 Å². The van der Waals surface area contributed by atoms with Gasteiger partial charge in [-0.2, -0.15) is 0 Å². The molecule has 1 unspecified atom stereocenters. The molecule has 0 radical (unpaired) electrons. The van der Waals surface area contributed by atoms with E-state index in [1.807, 2.05) is 6.08 Å². The molecule has 1 aromatic carbocycles. The fourth-order valence-corrected chi connectivity index (χ4v) is 1.74. The van der Waals surface area contributed by atoms with Crippen molar-refractivity contribution in [2.45, 2.75) is 32.6 Å². The first-order valence-corrected chi connectivity index (χ1v) is 5.47. The van der Waals surface area contributed by atoms with E-state index in [4.69, 9.17) is 11.6 Å². The molecular weight excluding hydrogens is 192 g/mol. The first-order chi connectivity index (χ1) is 6.69. The smallest absolute Gasteiger partial charge is 0.0440 e. The second-order valence-electron chi connectivity index (χ2n) is 3.63. The standard InChI is InChI=1S/C13H17Cl/c1-4-6-11-7-8-12(9-13(11)14)10(3)5-2/h5,7-10H,2,4,6H2,1,3H3. The maximum atomic E-state index is 6.17. The minimum atomic E-state index is 0.378. The zero-order chi connectivity index (χ0) is 10.6. The zero-order valence-electron chi connectivity index (χ0n) is 8.89. The van der Waals surface area contributed by atoms with Gasteiger partial charge in [0.25, 0.3) is 0 Å². The summed E-state index contributed by atoms with van der Waals surface area (Å²) in [6.07, 6.45) is 4.13. The molecule has 14 heavy (non-hydrogen) atoms. The van der Waals surface area contributed by atoms with Gasteiger partial charge in [-0.15, -0.1) is 6.58 Å². The number of aryl methyl sites for hydroxylation is 1. The third-order valence-electron chi connectivity index (χ3n) is 2.48. The molecule has 0 heterocycles. The maximum absolute atomic E-state index is 6.17. The molecule has 0 saturated carbocycles. The van der Waals surface area contributed by atoms with Crippen LogP contribution in [0.25, 0.3) is 0 Å². The summed E-state index contributed by atoms with van der Waals surface area (Å²) >= 11 is 6.17. The summed E-state index contributed by atoms with van der Waals surface area (Å²) in [6.45, 7) is 8.07. The molecule has 76 valence electrons. The van der Waals surface area contributed by atoms with Gasteiger partial charge in [0, 0.05) is 5.02 Å². The number of halogens is 1. The van der Waals surface area contributed by atoms with Crippen LogP contribution in [0.2, 0.25) is 5.02 Å². The van der Waals surface area contributed by atoms with Crippen LogP contribution in [-0.4, -0.2) is 0 Å². The van der Waals surface area contributed by atoms with Gasteiger partial charge in [-0.05, 0) is 29.5 Å². The number of hydrogen-bond acceptors (Lipinski definition) is 0. The topological polar surface area (TPSA) is 0 Å². The molecule has 0 aliphatic heterocycles. The normalized spacial score (nSPS) is 12.5. The van der Waals surface area contributed by atoms with Gasteiger partial charge in [-0.1, -0.05) is 50.1 Å². The molecule has 0 fully saturated rings. The molecule has 1 aromatic rings. The predicted octanol–water partition coefficient (Wildman–Crippen LogP) is 4.58. The Bertz CT molecular complexity index is 315. The Morgan fingerprint density at radius 3 is 2.71 bits per heavy atom. The molecule has 0 spiro atoms. The molecule has 0 aromatic heterocycles. The minimum Gasteiger partial charge on any atom is -0.102 e. The lowest BCUT2D eigenvalue weighted by Crippen LogP contribution is -1.91. The van der Waals surface area contributed by atoms with Crippen LogP contribution in [0, 0.1) is 0 Å². The van der Waals surface area contributed by atoms with E-state index in [1.165, 1.54) is 11.1 Å². The third kappa shape index (κ3) is 2.62. The van der Waals surface area contributed by atoms with Crippen molar-refractivity contribution in [3.63, 3.8) is 0 Å². The van der Waals surface area contributed by atoms with Crippen molar-refractivity contribution in [1.82, 2.24) is 0 Å². The van der Waals surface area contributed by atoms with Gasteiger partial charge in [0.15, 0.2) is 0 Å². The van der Waals surface area contributed by atoms with E-state index in [-0.39, 0.29) is 0 Å². The van der Waals surface area contributed by atoms with E-state index in [0.29, 0.717) is 5.92 Å². The van der Waals surface area contributed by atoms with Gasteiger partial charge in [0.2, 0.25) is 0 Å². The summed E-state index contributed by atoms with van der Waals surface area (Å²) in [5.41, 5.74) is 2.49. The van der Waals surface area contributed by atoms with Gasteiger partial charge < -0.3 is 0 Å². The van der Waals surface area contributed by atoms with E-state index in [1.54, 1.807) is 0 Å². The highest BCUT2D eigenvalue weighted by Gasteiger charge is 2.04. The third-order valence-corrected chi connectivity index (χ3v) is 2.83. The van der Waals surface area contributed by atoms with E-state index in [9.17, 15) is 0 Å². The van der Waals surface area contributed by atoms with E-state index in [2.05, 4.69) is 38.6 Å². The summed E-state index contributed by atoms with van der Waals surface area (Å²) in [7, 11) is 0. The van der Waals surface area contributed by atoms with Crippen LogP contribution in [0.15, 0.2) is 30.9 Å². The highest BCUT2D eigenvalue weighted by atomic mass is 35.5. The first-order valence-electron chi connectivity index (χ1n) is 5.10. The fraction of sp³-hybridized carbons (Fsp3) is 0.385. The molecule has 0 nitrogen and oxygen atoms in total. The van der Waals surface area contributed by atoms with Crippen molar-refractivity contribution in [1.29, 1.82) is 0 Å². The quantitative estimate of drug-likeness (QED) is 0.636. The SMILES string of the molecule is C=CC(C)c1ccc(CCC)c(Cl)c1. The summed E-state index contributed by atoms with van der Waals surface area (Å²) in [5, 5.41) is 0.887. The van der Waals surface area contributed by atoms with Crippen LogP contribution >= 0.6 is 11.6 Å². The Hall–Kier alpha value is -0.750. The summed E-state index contributed by atoms with van der Waals surface area (Å²) in [5.74, 6) is 0.378. The predicted molar refractivity (Wildman–Crippen MR) is 64.1 cm³/mol. The van der Waals surface area contributed by atoms with E-state index in [0.717, 1.165) is 17.9 Å². The van der Waals surface area contributed by atoms with Crippen LogP contribution in [-0.2, 0) is 6.42 Å². The molecule has 1 heteroatoms. The molecule has 1 atom stereocenters. The number of benzene rings is 1. The van der Waals surface area contributed by atoms with Crippen molar-refractivity contribution < 1.29 is 0 Å². The first kappa shape index (κ1) is 11.3. The minimum absolute atomic E-state index is 0.378. The molecule has 0 aliphatic rings. The van der Waals surface area contributed by atoms with Crippen LogP contribution in [0.4, 0.5) is 0 Å². The molecule has 0 aliphatic carbocycles. The average Bonchev–Trinajstić information content (AvgIpc) is 2.20. The van der Waals surface area contributed by atoms with Crippen molar-refractivity contribution in [2.75, 3.05) is 0 Å². The summed E-state index contributed by atoms with van der Waals surface area (Å²) < 4.78 is 0. The van der Waals surface area contributed by atoms with Crippen LogP contribution < -0.4 is 0 Å². The average molecular weight is 209 g/mol. The van der Waals surface area contributed by atoms with E-state index < -0.39 is 0 Å². The van der Waals surface area contributed by atoms with Gasteiger partial charge >= 0.3 is 0 Å². The number of rotatable bonds is 4. The number of hydrogen-bond donors (Lipinski definition) is 0. The lowest BCUT2D eigenvalue weighted by molar-refractivity contribution is 0.914. The fourth-order valence-electron chi connectivity index (χ4n) is 1.45. The Morgan fingerprint density at radius 2 is 2.21 bits per heavy atom. The van der Waals surface area contributed by atoms with Gasteiger partial charge in [-0.25, -0.2) is 0 Å². The lowest BCUT2D eigenvalue weighted by atomic mass is 9.99. The second-order valence-corrected chi connectivity index (χ2v) is 4.03. The second kappa shape index (κ2) is 5.21. The van der Waals surface area contributed by atoms with Crippen molar-refractivity contribution in [3.8, 4) is 0 Å². The molecule has 0 saturated heterocycles. The maximum Gasteiger partial charge on any atom is 0.0440 e. The zero-order valence-corrected chi connectivity index (χ0v) is 9.64. The molecule has 0 bridgehead atoms. The Balaban J connectivity index is 2.93. The highest BCUT2D eigenvalue weighted by molar-refractivity contribution is 6.31. The molecule has 1 rings (SSSR count). The molecule has 0 N–H and O–H groups in total. The molecule has 0 amide bonds. The number of allylic oxidation sites excluding steroid dienone is 1. The van der Waals surface area contributed by atoms with Gasteiger partial charge in [0.1, 0.15) is 0 Å². The molecular formula is C13H17Cl. The van der Waals surface area contributed by atoms with Gasteiger partial charge in [-0.3, -0.25) is 0 Å². The Labute approximate surface area is 91.6 Å². The van der Waals surface area contributed by atoms with Crippen LogP contribution in [0.3, 0.4) is 0 Å². The van der Waals surface area contributed by atoms with Crippen molar-refractivity contribution in [2.24, 2.45) is 0 Å². The van der Waals surface area contributed by atoms with Crippen molar-refractivity contribution >= 4 is 11.6 Å². The lowest BCUT2D eigenvalue weighted by Gasteiger charge is -2.09. The summed E-state index contributed by atoms with van der Waals surface area (Å²) in [6, 6.07) is 6.32. The summed E-state index contributed by atoms with van der Waals surface area (Å²) in [4.78, 5) is 0. The highest BCUT2D eigenvalue weighted by Crippen LogP contribution is 2.24. The van der Waals surface area contributed by atoms with Crippen LogP contribution in [0.1, 0.15) is 37.3 Å². The van der Waals surface area contributed by atoms with Gasteiger partial charge in [0.05, 0.1) is 0 Å². The van der Waals surface area contributed by atoms with Crippen LogP contribution in [0.5, 0.6) is 0 Å². The Kier molecular flexibility index (Phi) is 4.21.